The van der Waals surface area contributed by atoms with Gasteiger partial charge in [0.1, 0.15) is 5.76 Å². The van der Waals surface area contributed by atoms with E-state index in [-0.39, 0.29) is 22.4 Å². The lowest BCUT2D eigenvalue weighted by Gasteiger charge is -2.12. The molecule has 122 valence electrons. The van der Waals surface area contributed by atoms with Crippen molar-refractivity contribution in [2.75, 3.05) is 6.61 Å². The Morgan fingerprint density at radius 2 is 1.87 bits per heavy atom. The van der Waals surface area contributed by atoms with Crippen molar-refractivity contribution in [2.45, 2.75) is 6.92 Å². The monoisotopic (exact) mass is 374 g/mol. The van der Waals surface area contributed by atoms with Gasteiger partial charge in [-0.15, -0.1) is 0 Å². The summed E-state index contributed by atoms with van der Waals surface area (Å²) in [5.41, 5.74) is 5.47. The van der Waals surface area contributed by atoms with Crippen LogP contribution in [0.1, 0.15) is 11.5 Å². The lowest BCUT2D eigenvalue weighted by atomic mass is 10.3. The van der Waals surface area contributed by atoms with Crippen molar-refractivity contribution in [1.82, 2.24) is 10.9 Å². The molecule has 2 N–H and O–H groups in total. The molecular formula is C15H13Cl3N2O3. The molecule has 1 aromatic carbocycles. The van der Waals surface area contributed by atoms with Crippen molar-refractivity contribution >= 4 is 46.4 Å². The highest BCUT2D eigenvalue weighted by Gasteiger charge is 2.12. The first-order valence-corrected chi connectivity index (χ1v) is 7.58. The van der Waals surface area contributed by atoms with Crippen LogP contribution in [0.15, 0.2) is 35.3 Å². The molecule has 2 rings (SSSR count). The Balaban J connectivity index is 1.85. The Morgan fingerprint density at radius 3 is 2.43 bits per heavy atom. The summed E-state index contributed by atoms with van der Waals surface area (Å²) in [6.45, 7) is 5.26. The van der Waals surface area contributed by atoms with Crippen LogP contribution in [0.5, 0.6) is 5.75 Å². The predicted octanol–water partition coefficient (Wildman–Crippen LogP) is 4.22. The maximum Gasteiger partial charge on any atom is 0.276 e. The topological polar surface area (TPSA) is 63.5 Å². The summed E-state index contributed by atoms with van der Waals surface area (Å²) in [6.07, 6.45) is 0. The molecule has 0 unspecified atom stereocenters. The second kappa shape index (κ2) is 7.64. The van der Waals surface area contributed by atoms with Crippen LogP contribution in [-0.4, -0.2) is 12.5 Å². The van der Waals surface area contributed by atoms with Crippen LogP contribution in [0.25, 0.3) is 5.70 Å². The highest BCUT2D eigenvalue weighted by Crippen LogP contribution is 2.35. The number of carbonyl (C=O) groups is 1. The molecule has 0 spiro atoms. The number of ether oxygens (including phenoxy) is 1. The minimum atomic E-state index is -0.448. The summed E-state index contributed by atoms with van der Waals surface area (Å²) >= 11 is 17.7. The second-order valence-electron chi connectivity index (χ2n) is 4.55. The van der Waals surface area contributed by atoms with Crippen molar-refractivity contribution in [3.8, 4) is 5.75 Å². The molecule has 8 heteroatoms. The molecular weight excluding hydrogens is 363 g/mol. The molecule has 0 saturated heterocycles. The molecule has 5 nitrogen and oxygen atoms in total. The molecule has 0 bridgehead atoms. The Hall–Kier alpha value is -1.82. The van der Waals surface area contributed by atoms with Gasteiger partial charge in [0, 0.05) is 5.02 Å². The molecule has 2 aromatic rings. The number of hydrogen-bond acceptors (Lipinski definition) is 4. The third-order valence-corrected chi connectivity index (χ3v) is 3.48. The Kier molecular flexibility index (Phi) is 5.82. The zero-order valence-electron chi connectivity index (χ0n) is 12.1. The van der Waals surface area contributed by atoms with E-state index in [2.05, 4.69) is 17.4 Å². The van der Waals surface area contributed by atoms with Gasteiger partial charge in [-0.1, -0.05) is 41.4 Å². The number of aryl methyl sites for hydroxylation is 1. The fourth-order valence-electron chi connectivity index (χ4n) is 1.64. The molecule has 1 aromatic heterocycles. The number of amides is 1. The van der Waals surface area contributed by atoms with Crippen LogP contribution < -0.4 is 15.6 Å². The van der Waals surface area contributed by atoms with E-state index >= 15 is 0 Å². The summed E-state index contributed by atoms with van der Waals surface area (Å²) < 4.78 is 10.7. The van der Waals surface area contributed by atoms with Gasteiger partial charge in [0.2, 0.25) is 0 Å². The molecule has 1 amide bonds. The van der Waals surface area contributed by atoms with Crippen LogP contribution in [0, 0.1) is 6.92 Å². The molecule has 0 fully saturated rings. The fourth-order valence-corrected chi connectivity index (χ4v) is 2.57. The molecule has 0 aliphatic rings. The fraction of sp³-hybridized carbons (Fsp3) is 0.133. The summed E-state index contributed by atoms with van der Waals surface area (Å²) in [5.74, 6) is 1.00. The van der Waals surface area contributed by atoms with Crippen LogP contribution in [-0.2, 0) is 4.79 Å². The third kappa shape index (κ3) is 4.82. The van der Waals surface area contributed by atoms with Crippen LogP contribution in [0.4, 0.5) is 0 Å². The van der Waals surface area contributed by atoms with Crippen LogP contribution in [0.3, 0.4) is 0 Å². The van der Waals surface area contributed by atoms with Crippen molar-refractivity contribution in [3.63, 3.8) is 0 Å². The lowest BCUT2D eigenvalue weighted by Crippen LogP contribution is -2.38. The largest absolute Gasteiger partial charge is 0.481 e. The van der Waals surface area contributed by atoms with Gasteiger partial charge in [-0.25, -0.2) is 0 Å². The third-order valence-electron chi connectivity index (χ3n) is 2.70. The maximum absolute atomic E-state index is 11.8. The smallest absolute Gasteiger partial charge is 0.276 e. The Morgan fingerprint density at radius 1 is 1.22 bits per heavy atom. The molecule has 0 aliphatic carbocycles. The van der Waals surface area contributed by atoms with Crippen molar-refractivity contribution in [2.24, 2.45) is 0 Å². The van der Waals surface area contributed by atoms with Crippen LogP contribution in [0.2, 0.25) is 15.1 Å². The highest BCUT2D eigenvalue weighted by molar-refractivity contribution is 6.40. The van der Waals surface area contributed by atoms with E-state index in [0.717, 1.165) is 5.76 Å². The van der Waals surface area contributed by atoms with Gasteiger partial charge in [-0.3, -0.25) is 15.6 Å². The molecule has 0 aliphatic heterocycles. The summed E-state index contributed by atoms with van der Waals surface area (Å²) in [5, 5.41) is 0.820. The zero-order valence-corrected chi connectivity index (χ0v) is 14.4. The van der Waals surface area contributed by atoms with Crippen molar-refractivity contribution in [3.05, 3.63) is 57.4 Å². The number of halogens is 3. The number of benzene rings is 1. The van der Waals surface area contributed by atoms with E-state index in [0.29, 0.717) is 16.5 Å². The number of nitrogens with one attached hydrogen (secondary N) is 2. The number of hydrazine groups is 1. The Bertz CT molecular complexity index is 720. The normalized spacial score (nSPS) is 10.3. The Labute approximate surface area is 148 Å². The van der Waals surface area contributed by atoms with Gasteiger partial charge in [0.05, 0.1) is 15.7 Å². The predicted molar refractivity (Wildman–Crippen MR) is 90.7 cm³/mol. The van der Waals surface area contributed by atoms with Gasteiger partial charge in [-0.2, -0.15) is 0 Å². The number of rotatable bonds is 6. The minimum Gasteiger partial charge on any atom is -0.481 e. The minimum absolute atomic E-state index is 0.188. The number of furan rings is 1. The molecule has 1 heterocycles. The molecule has 0 atom stereocenters. The van der Waals surface area contributed by atoms with Gasteiger partial charge in [-0.05, 0) is 31.2 Å². The molecule has 0 saturated carbocycles. The summed E-state index contributed by atoms with van der Waals surface area (Å²) in [4.78, 5) is 11.8. The van der Waals surface area contributed by atoms with E-state index in [1.54, 1.807) is 12.1 Å². The quantitative estimate of drug-likeness (QED) is 0.742. The second-order valence-corrected chi connectivity index (χ2v) is 5.80. The standard InChI is InChI=1S/C15H13Cl3N2O3/c1-8-3-4-13(23-8)9(2)19-20-14(21)7-22-15-11(17)5-10(16)6-12(15)18/h3-6,19H,2,7H2,1H3,(H,20,21). The number of hydrogen-bond donors (Lipinski definition) is 2. The van der Waals surface area contributed by atoms with E-state index in [1.807, 2.05) is 6.92 Å². The summed E-state index contributed by atoms with van der Waals surface area (Å²) in [6, 6.07) is 6.47. The molecule has 23 heavy (non-hydrogen) atoms. The number of carbonyl (C=O) groups excluding carboxylic acids is 1. The van der Waals surface area contributed by atoms with Gasteiger partial charge < -0.3 is 9.15 Å². The van der Waals surface area contributed by atoms with Crippen LogP contribution >= 0.6 is 34.8 Å². The van der Waals surface area contributed by atoms with Gasteiger partial charge in [0.25, 0.3) is 5.91 Å². The first kappa shape index (κ1) is 17.5. The van der Waals surface area contributed by atoms with Gasteiger partial charge >= 0.3 is 0 Å². The van der Waals surface area contributed by atoms with E-state index in [9.17, 15) is 4.79 Å². The SMILES string of the molecule is C=C(NNC(=O)COc1c(Cl)cc(Cl)cc1Cl)c1ccc(C)o1. The molecule has 0 radical (unpaired) electrons. The average molecular weight is 376 g/mol. The van der Waals surface area contributed by atoms with E-state index in [1.165, 1.54) is 12.1 Å². The van der Waals surface area contributed by atoms with Crippen molar-refractivity contribution < 1.29 is 13.9 Å². The van der Waals surface area contributed by atoms with Crippen molar-refractivity contribution in [1.29, 1.82) is 0 Å². The average Bonchev–Trinajstić information content (AvgIpc) is 2.90. The maximum atomic E-state index is 11.8. The zero-order chi connectivity index (χ0) is 17.0. The van der Waals surface area contributed by atoms with E-state index in [4.69, 9.17) is 44.0 Å². The van der Waals surface area contributed by atoms with Gasteiger partial charge in [0.15, 0.2) is 18.1 Å². The van der Waals surface area contributed by atoms with E-state index < -0.39 is 5.91 Å². The highest BCUT2D eigenvalue weighted by atomic mass is 35.5. The first-order chi connectivity index (χ1) is 10.9. The lowest BCUT2D eigenvalue weighted by molar-refractivity contribution is -0.123. The first-order valence-electron chi connectivity index (χ1n) is 6.44. The summed E-state index contributed by atoms with van der Waals surface area (Å²) in [7, 11) is 0.